The highest BCUT2D eigenvalue weighted by Crippen LogP contribution is 2.23. The fourth-order valence-electron chi connectivity index (χ4n) is 1.63. The van der Waals surface area contributed by atoms with Crippen LogP contribution in [0.3, 0.4) is 0 Å². The van der Waals surface area contributed by atoms with Gasteiger partial charge in [-0.2, -0.15) is 0 Å². The molecule has 0 bridgehead atoms. The number of hydrogen-bond donors (Lipinski definition) is 2. The van der Waals surface area contributed by atoms with Crippen molar-refractivity contribution in [3.8, 4) is 5.75 Å². The number of nitrogens with two attached hydrogens (primary N) is 1. The van der Waals surface area contributed by atoms with Gasteiger partial charge in [-0.25, -0.2) is 0 Å². The van der Waals surface area contributed by atoms with Crippen LogP contribution in [0.5, 0.6) is 5.75 Å². The summed E-state index contributed by atoms with van der Waals surface area (Å²) in [7, 11) is 0. The molecule has 2 rings (SSSR count). The van der Waals surface area contributed by atoms with Gasteiger partial charge in [0.25, 0.3) is 0 Å². The molecule has 0 radical (unpaired) electrons. The first-order valence-corrected chi connectivity index (χ1v) is 5.21. The Bertz CT molecular complexity index is 460. The molecule has 0 aliphatic heterocycles. The molecule has 0 aliphatic rings. The predicted molar refractivity (Wildman–Crippen MR) is 62.1 cm³/mol. The van der Waals surface area contributed by atoms with Crippen molar-refractivity contribution in [1.82, 2.24) is 4.98 Å². The lowest BCUT2D eigenvalue weighted by molar-refractivity contribution is 0.341. The zero-order chi connectivity index (χ0) is 10.8. The van der Waals surface area contributed by atoms with Crippen LogP contribution in [0.2, 0.25) is 0 Å². The van der Waals surface area contributed by atoms with E-state index in [1.807, 2.05) is 32.0 Å². The molecular weight excluding hydrogens is 188 g/mol. The van der Waals surface area contributed by atoms with Crippen LogP contribution < -0.4 is 10.5 Å². The SMILES string of the molecule is CCOc1ccc2[nH]c(C(C)N)cc2c1. The molecule has 0 saturated carbocycles. The van der Waals surface area contributed by atoms with Crippen LogP contribution in [-0.2, 0) is 0 Å². The van der Waals surface area contributed by atoms with Crippen LogP contribution in [0.1, 0.15) is 25.6 Å². The highest BCUT2D eigenvalue weighted by atomic mass is 16.5. The Hall–Kier alpha value is -1.48. The fraction of sp³-hybridized carbons (Fsp3) is 0.333. The molecule has 15 heavy (non-hydrogen) atoms. The van der Waals surface area contributed by atoms with Crippen LogP contribution >= 0.6 is 0 Å². The summed E-state index contributed by atoms with van der Waals surface area (Å²) in [6.45, 7) is 4.64. The van der Waals surface area contributed by atoms with Crippen molar-refractivity contribution in [2.24, 2.45) is 5.73 Å². The first-order valence-electron chi connectivity index (χ1n) is 5.21. The second-order valence-corrected chi connectivity index (χ2v) is 3.70. The average Bonchev–Trinajstić information content (AvgIpc) is 2.61. The van der Waals surface area contributed by atoms with E-state index in [1.54, 1.807) is 0 Å². The number of ether oxygens (including phenoxy) is 1. The molecule has 1 heterocycles. The molecule has 0 fully saturated rings. The van der Waals surface area contributed by atoms with Gasteiger partial charge >= 0.3 is 0 Å². The Labute approximate surface area is 89.2 Å². The highest BCUT2D eigenvalue weighted by molar-refractivity contribution is 5.82. The van der Waals surface area contributed by atoms with E-state index in [0.717, 1.165) is 22.3 Å². The maximum Gasteiger partial charge on any atom is 0.120 e. The largest absolute Gasteiger partial charge is 0.494 e. The zero-order valence-corrected chi connectivity index (χ0v) is 9.08. The van der Waals surface area contributed by atoms with Crippen molar-refractivity contribution in [3.05, 3.63) is 30.0 Å². The maximum absolute atomic E-state index is 5.81. The minimum Gasteiger partial charge on any atom is -0.494 e. The molecule has 0 aliphatic carbocycles. The smallest absolute Gasteiger partial charge is 0.120 e. The minimum atomic E-state index is 0.0351. The lowest BCUT2D eigenvalue weighted by atomic mass is 10.2. The lowest BCUT2D eigenvalue weighted by Crippen LogP contribution is -2.04. The van der Waals surface area contributed by atoms with Crippen molar-refractivity contribution in [3.63, 3.8) is 0 Å². The summed E-state index contributed by atoms with van der Waals surface area (Å²) in [4.78, 5) is 3.28. The second-order valence-electron chi connectivity index (χ2n) is 3.70. The Morgan fingerprint density at radius 3 is 2.87 bits per heavy atom. The number of nitrogens with one attached hydrogen (secondary N) is 1. The van der Waals surface area contributed by atoms with Gasteiger partial charge in [0, 0.05) is 22.6 Å². The zero-order valence-electron chi connectivity index (χ0n) is 9.08. The summed E-state index contributed by atoms with van der Waals surface area (Å²) in [5, 5.41) is 1.15. The number of benzene rings is 1. The van der Waals surface area contributed by atoms with Crippen LogP contribution in [0.4, 0.5) is 0 Å². The van der Waals surface area contributed by atoms with Crippen molar-refractivity contribution in [1.29, 1.82) is 0 Å². The summed E-state index contributed by atoms with van der Waals surface area (Å²) in [6, 6.07) is 8.12. The van der Waals surface area contributed by atoms with Crippen LogP contribution in [0.25, 0.3) is 10.9 Å². The molecule has 1 unspecified atom stereocenters. The molecule has 1 aromatic carbocycles. The Morgan fingerprint density at radius 1 is 1.40 bits per heavy atom. The Kier molecular flexibility index (Phi) is 2.64. The van der Waals surface area contributed by atoms with E-state index < -0.39 is 0 Å². The van der Waals surface area contributed by atoms with Crippen molar-refractivity contribution < 1.29 is 4.74 Å². The van der Waals surface area contributed by atoms with Gasteiger partial charge in [-0.15, -0.1) is 0 Å². The summed E-state index contributed by atoms with van der Waals surface area (Å²) in [6.07, 6.45) is 0. The summed E-state index contributed by atoms with van der Waals surface area (Å²) >= 11 is 0. The molecule has 3 N–H and O–H groups in total. The molecule has 1 aromatic heterocycles. The van der Waals surface area contributed by atoms with E-state index in [4.69, 9.17) is 10.5 Å². The van der Waals surface area contributed by atoms with Crippen LogP contribution in [0, 0.1) is 0 Å². The molecule has 80 valence electrons. The number of fused-ring (bicyclic) bond motifs is 1. The van der Waals surface area contributed by atoms with Crippen molar-refractivity contribution in [2.75, 3.05) is 6.61 Å². The van der Waals surface area contributed by atoms with Gasteiger partial charge in [-0.3, -0.25) is 0 Å². The molecule has 0 spiro atoms. The number of H-pyrrole nitrogens is 1. The first-order chi connectivity index (χ1) is 7.20. The first kappa shape index (κ1) is 10.1. The average molecular weight is 204 g/mol. The molecule has 3 heteroatoms. The van der Waals surface area contributed by atoms with E-state index in [9.17, 15) is 0 Å². The van der Waals surface area contributed by atoms with Crippen LogP contribution in [-0.4, -0.2) is 11.6 Å². The van der Waals surface area contributed by atoms with Crippen molar-refractivity contribution >= 4 is 10.9 Å². The van der Waals surface area contributed by atoms with Gasteiger partial charge in [-0.05, 0) is 38.1 Å². The molecule has 2 aromatic rings. The monoisotopic (exact) mass is 204 g/mol. The number of aromatic amines is 1. The highest BCUT2D eigenvalue weighted by Gasteiger charge is 2.05. The fourth-order valence-corrected chi connectivity index (χ4v) is 1.63. The summed E-state index contributed by atoms with van der Waals surface area (Å²) < 4.78 is 5.44. The minimum absolute atomic E-state index is 0.0351. The Morgan fingerprint density at radius 2 is 2.20 bits per heavy atom. The normalized spacial score (nSPS) is 13.0. The van der Waals surface area contributed by atoms with Gasteiger partial charge in [0.2, 0.25) is 0 Å². The third kappa shape index (κ3) is 1.97. The van der Waals surface area contributed by atoms with E-state index in [0.29, 0.717) is 6.61 Å². The number of aromatic nitrogens is 1. The molecule has 3 nitrogen and oxygen atoms in total. The van der Waals surface area contributed by atoms with Gasteiger partial charge in [0.15, 0.2) is 0 Å². The van der Waals surface area contributed by atoms with Gasteiger partial charge < -0.3 is 15.5 Å². The topological polar surface area (TPSA) is 51.0 Å². The van der Waals surface area contributed by atoms with Gasteiger partial charge in [0.1, 0.15) is 5.75 Å². The summed E-state index contributed by atoms with van der Waals surface area (Å²) in [5.41, 5.74) is 7.97. The van der Waals surface area contributed by atoms with E-state index in [1.165, 1.54) is 0 Å². The third-order valence-electron chi connectivity index (χ3n) is 2.41. The van der Waals surface area contributed by atoms with Crippen molar-refractivity contribution in [2.45, 2.75) is 19.9 Å². The third-order valence-corrected chi connectivity index (χ3v) is 2.41. The second kappa shape index (κ2) is 3.95. The van der Waals surface area contributed by atoms with E-state index in [-0.39, 0.29) is 6.04 Å². The maximum atomic E-state index is 5.81. The van der Waals surface area contributed by atoms with Crippen LogP contribution in [0.15, 0.2) is 24.3 Å². The van der Waals surface area contributed by atoms with Gasteiger partial charge in [-0.1, -0.05) is 0 Å². The standard InChI is InChI=1S/C12H16N2O/c1-3-15-10-4-5-11-9(6-10)7-12(14-11)8(2)13/h4-8,14H,3,13H2,1-2H3. The molecule has 1 atom stereocenters. The van der Waals surface area contributed by atoms with Gasteiger partial charge in [0.05, 0.1) is 6.61 Å². The number of hydrogen-bond acceptors (Lipinski definition) is 2. The Balaban J connectivity index is 2.43. The summed E-state index contributed by atoms with van der Waals surface area (Å²) in [5.74, 6) is 0.903. The molecule has 0 amide bonds. The lowest BCUT2D eigenvalue weighted by Gasteiger charge is -2.01. The van der Waals surface area contributed by atoms with E-state index in [2.05, 4.69) is 11.1 Å². The number of rotatable bonds is 3. The van der Waals surface area contributed by atoms with E-state index >= 15 is 0 Å². The molecular formula is C12H16N2O. The molecule has 0 saturated heterocycles. The predicted octanol–water partition coefficient (Wildman–Crippen LogP) is 2.59. The quantitative estimate of drug-likeness (QED) is 0.807.